The second kappa shape index (κ2) is 15.4. The average molecular weight is 610 g/mol. The maximum Gasteiger partial charge on any atom is 0.264 e. The predicted octanol–water partition coefficient (Wildman–Crippen LogP) is 4.97. The molecule has 9 nitrogen and oxygen atoms in total. The lowest BCUT2D eigenvalue weighted by atomic mass is 10.1. The molecule has 3 aromatic rings. The fourth-order valence-corrected chi connectivity index (χ4v) is 6.09. The number of carbonyl (C=O) groups excluding carboxylic acids is 2. The molecule has 3 rings (SSSR count). The first kappa shape index (κ1) is 33.5. The fraction of sp³-hybridized carbons (Fsp3) is 0.394. The summed E-state index contributed by atoms with van der Waals surface area (Å²) in [6.07, 6.45) is 1.60. The van der Waals surface area contributed by atoms with Crippen LogP contribution in [0.15, 0.2) is 77.7 Å². The number of rotatable bonds is 15. The number of ether oxygens (including phenoxy) is 2. The van der Waals surface area contributed by atoms with Crippen LogP contribution < -0.4 is 19.1 Å². The molecule has 43 heavy (non-hydrogen) atoms. The molecule has 0 aliphatic heterocycles. The average Bonchev–Trinajstić information content (AvgIpc) is 3.01. The monoisotopic (exact) mass is 609 g/mol. The molecule has 232 valence electrons. The van der Waals surface area contributed by atoms with E-state index in [-0.39, 0.29) is 29.1 Å². The zero-order valence-corrected chi connectivity index (χ0v) is 26.7. The van der Waals surface area contributed by atoms with Gasteiger partial charge in [-0.05, 0) is 62.9 Å². The van der Waals surface area contributed by atoms with Crippen LogP contribution >= 0.6 is 0 Å². The van der Waals surface area contributed by atoms with Gasteiger partial charge >= 0.3 is 0 Å². The van der Waals surface area contributed by atoms with E-state index in [1.165, 1.54) is 37.3 Å². The molecule has 0 bridgehead atoms. The topological polar surface area (TPSA) is 105 Å². The Morgan fingerprint density at radius 2 is 1.53 bits per heavy atom. The molecule has 0 unspecified atom stereocenters. The van der Waals surface area contributed by atoms with Gasteiger partial charge in [-0.3, -0.25) is 13.9 Å². The van der Waals surface area contributed by atoms with Gasteiger partial charge in [-0.2, -0.15) is 0 Å². The van der Waals surface area contributed by atoms with Gasteiger partial charge in [-0.1, -0.05) is 61.9 Å². The molecule has 0 heterocycles. The lowest BCUT2D eigenvalue weighted by molar-refractivity contribution is -0.139. The van der Waals surface area contributed by atoms with Gasteiger partial charge in [0, 0.05) is 18.7 Å². The van der Waals surface area contributed by atoms with Crippen LogP contribution in [0.25, 0.3) is 0 Å². The number of carbonyl (C=O) groups is 2. The minimum atomic E-state index is -4.20. The highest BCUT2D eigenvalue weighted by Gasteiger charge is 2.34. The van der Waals surface area contributed by atoms with E-state index in [4.69, 9.17) is 9.47 Å². The summed E-state index contributed by atoms with van der Waals surface area (Å²) in [7, 11) is -1.25. The summed E-state index contributed by atoms with van der Waals surface area (Å²) in [5.41, 5.74) is 2.13. The molecule has 0 spiro atoms. The van der Waals surface area contributed by atoms with Crippen molar-refractivity contribution < 1.29 is 27.5 Å². The Labute approximate surface area is 255 Å². The van der Waals surface area contributed by atoms with E-state index in [2.05, 4.69) is 5.32 Å². The Balaban J connectivity index is 2.07. The maximum absolute atomic E-state index is 14.2. The van der Waals surface area contributed by atoms with E-state index in [9.17, 15) is 18.0 Å². The minimum absolute atomic E-state index is 0.0399. The molecule has 3 aromatic carbocycles. The summed E-state index contributed by atoms with van der Waals surface area (Å²) in [6, 6.07) is 20.0. The van der Waals surface area contributed by atoms with Crippen molar-refractivity contribution in [3.8, 4) is 11.5 Å². The number of hydrogen-bond donors (Lipinski definition) is 1. The number of nitrogens with zero attached hydrogens (tertiary/aromatic N) is 2. The zero-order chi connectivity index (χ0) is 31.6. The highest BCUT2D eigenvalue weighted by molar-refractivity contribution is 7.92. The third kappa shape index (κ3) is 8.50. The Morgan fingerprint density at radius 3 is 2.12 bits per heavy atom. The lowest BCUT2D eigenvalue weighted by Crippen LogP contribution is -2.54. The van der Waals surface area contributed by atoms with Gasteiger partial charge in [0.2, 0.25) is 11.8 Å². The maximum atomic E-state index is 14.2. The van der Waals surface area contributed by atoms with Crippen molar-refractivity contribution in [2.24, 2.45) is 0 Å². The third-order valence-corrected chi connectivity index (χ3v) is 9.20. The summed E-state index contributed by atoms with van der Waals surface area (Å²) in [5.74, 6) is -0.0239. The van der Waals surface area contributed by atoms with Crippen LogP contribution in [0, 0.1) is 6.92 Å². The van der Waals surface area contributed by atoms with Gasteiger partial charge in [-0.15, -0.1) is 0 Å². The summed E-state index contributed by atoms with van der Waals surface area (Å²) in [5, 5.41) is 2.99. The summed E-state index contributed by atoms with van der Waals surface area (Å²) in [4.78, 5) is 29.1. The van der Waals surface area contributed by atoms with Crippen LogP contribution in [-0.2, 0) is 26.0 Å². The molecule has 0 aliphatic carbocycles. The van der Waals surface area contributed by atoms with Gasteiger partial charge in [0.25, 0.3) is 10.0 Å². The fourth-order valence-electron chi connectivity index (χ4n) is 4.68. The van der Waals surface area contributed by atoms with Crippen molar-refractivity contribution in [2.45, 2.75) is 63.9 Å². The lowest BCUT2D eigenvalue weighted by Gasteiger charge is -2.33. The largest absolute Gasteiger partial charge is 0.493 e. The Bertz CT molecular complexity index is 1460. The molecule has 0 saturated heterocycles. The summed E-state index contributed by atoms with van der Waals surface area (Å²) in [6.45, 7) is 7.31. The van der Waals surface area contributed by atoms with Gasteiger partial charge in [0.15, 0.2) is 11.5 Å². The normalized spacial score (nSPS) is 12.6. The van der Waals surface area contributed by atoms with E-state index in [0.29, 0.717) is 24.3 Å². The smallest absolute Gasteiger partial charge is 0.264 e. The molecule has 1 N–H and O–H groups in total. The molecule has 0 fully saturated rings. The number of aryl methyl sites for hydroxylation is 1. The highest BCUT2D eigenvalue weighted by Crippen LogP contribution is 2.34. The molecule has 0 aromatic heterocycles. The van der Waals surface area contributed by atoms with Crippen LogP contribution in [0.3, 0.4) is 0 Å². The molecule has 10 heteroatoms. The second-order valence-electron chi connectivity index (χ2n) is 10.4. The number of nitrogens with one attached hydrogen (secondary N) is 1. The molecular formula is C33H43N3O6S. The highest BCUT2D eigenvalue weighted by atomic mass is 32.2. The Hall–Kier alpha value is -4.05. The SMILES string of the molecule is CC[C@H](C(=O)N[C@@H](C)CC)N(CCc1ccccc1)C(=O)CN(c1ccc(OC)c(OC)c1)S(=O)(=O)c1ccc(C)cc1. The van der Waals surface area contributed by atoms with Crippen molar-refractivity contribution >= 4 is 27.5 Å². The van der Waals surface area contributed by atoms with E-state index >= 15 is 0 Å². The third-order valence-electron chi connectivity index (χ3n) is 7.41. The number of sulfonamides is 1. The molecule has 0 aliphatic rings. The molecule has 2 atom stereocenters. The first-order valence-electron chi connectivity index (χ1n) is 14.5. The molecule has 2 amide bonds. The van der Waals surface area contributed by atoms with Crippen LogP contribution in [0.1, 0.15) is 44.7 Å². The minimum Gasteiger partial charge on any atom is -0.493 e. The number of hydrogen-bond acceptors (Lipinski definition) is 6. The van der Waals surface area contributed by atoms with Gasteiger partial charge in [-0.25, -0.2) is 8.42 Å². The second-order valence-corrected chi connectivity index (χ2v) is 12.3. The van der Waals surface area contributed by atoms with E-state index < -0.39 is 28.5 Å². The van der Waals surface area contributed by atoms with Crippen LogP contribution in [0.2, 0.25) is 0 Å². The van der Waals surface area contributed by atoms with Gasteiger partial charge in [0.05, 0.1) is 24.8 Å². The van der Waals surface area contributed by atoms with E-state index in [0.717, 1.165) is 21.9 Å². The van der Waals surface area contributed by atoms with Gasteiger partial charge < -0.3 is 19.7 Å². The van der Waals surface area contributed by atoms with E-state index in [1.54, 1.807) is 24.3 Å². The van der Waals surface area contributed by atoms with Crippen molar-refractivity contribution in [1.82, 2.24) is 10.2 Å². The van der Waals surface area contributed by atoms with Crippen LogP contribution in [-0.4, -0.2) is 64.5 Å². The zero-order valence-electron chi connectivity index (χ0n) is 25.9. The van der Waals surface area contributed by atoms with Gasteiger partial charge in [0.1, 0.15) is 12.6 Å². The van der Waals surface area contributed by atoms with E-state index in [1.807, 2.05) is 58.0 Å². The van der Waals surface area contributed by atoms with Crippen molar-refractivity contribution in [3.05, 3.63) is 83.9 Å². The van der Waals surface area contributed by atoms with Crippen molar-refractivity contribution in [3.63, 3.8) is 0 Å². The number of benzene rings is 3. The summed E-state index contributed by atoms with van der Waals surface area (Å²) >= 11 is 0. The van der Waals surface area contributed by atoms with Crippen LogP contribution in [0.4, 0.5) is 5.69 Å². The Morgan fingerprint density at radius 1 is 0.884 bits per heavy atom. The molecule has 0 radical (unpaired) electrons. The number of amides is 2. The van der Waals surface area contributed by atoms with Crippen LogP contribution in [0.5, 0.6) is 11.5 Å². The first-order chi connectivity index (χ1) is 20.5. The van der Waals surface area contributed by atoms with Crippen molar-refractivity contribution in [1.29, 1.82) is 0 Å². The number of methoxy groups -OCH3 is 2. The number of anilines is 1. The molecule has 0 saturated carbocycles. The first-order valence-corrected chi connectivity index (χ1v) is 15.9. The standard InChI is InChI=1S/C33H43N3O6S/c1-7-25(4)34-33(38)29(8-2)35(21-20-26-12-10-9-11-13-26)32(37)23-36(27-16-19-30(41-5)31(22-27)42-6)43(39,40)28-17-14-24(3)15-18-28/h9-19,22,25,29H,7-8,20-21,23H2,1-6H3,(H,34,38)/t25-,29+/m0/s1. The van der Waals surface area contributed by atoms with Crippen molar-refractivity contribution in [2.75, 3.05) is 31.6 Å². The Kier molecular flexibility index (Phi) is 12.0. The quantitative estimate of drug-likeness (QED) is 0.261. The molecular weight excluding hydrogens is 566 g/mol. The summed E-state index contributed by atoms with van der Waals surface area (Å²) < 4.78 is 40.0. The predicted molar refractivity (Wildman–Crippen MR) is 169 cm³/mol.